The molecular weight excluding hydrogens is 448 g/mol. The first-order valence-corrected chi connectivity index (χ1v) is 12.9. The van der Waals surface area contributed by atoms with Crippen molar-refractivity contribution in [3.63, 3.8) is 0 Å². The molecule has 0 N–H and O–H groups in total. The minimum absolute atomic E-state index is 1.05. The van der Waals surface area contributed by atoms with Crippen molar-refractivity contribution in [1.82, 2.24) is 0 Å². The molecule has 0 bridgehead atoms. The van der Waals surface area contributed by atoms with Crippen molar-refractivity contribution in [2.75, 3.05) is 0 Å². The molecule has 6 rings (SSSR count). The Hall–Kier alpha value is -3.46. The Labute approximate surface area is 209 Å². The summed E-state index contributed by atoms with van der Waals surface area (Å²) in [6.45, 7) is 4.56. The zero-order chi connectivity index (χ0) is 22.9. The molecule has 1 heterocycles. The van der Waals surface area contributed by atoms with Gasteiger partial charge in [-0.2, -0.15) is 0 Å². The molecule has 5 aromatic carbocycles. The van der Waals surface area contributed by atoms with E-state index in [1.165, 1.54) is 47.4 Å². The molecule has 5 aromatic rings. The fourth-order valence-corrected chi connectivity index (χ4v) is 6.89. The average molecular weight is 471 g/mol. The fourth-order valence-electron chi connectivity index (χ4n) is 4.48. The van der Waals surface area contributed by atoms with Crippen LogP contribution in [0.4, 0.5) is 0 Å². The molecule has 0 unspecified atom stereocenters. The highest BCUT2D eigenvalue weighted by molar-refractivity contribution is 8.05. The zero-order valence-corrected chi connectivity index (χ0v) is 20.2. The quantitative estimate of drug-likeness (QED) is 0.251. The highest BCUT2D eigenvalue weighted by Gasteiger charge is 2.25. The maximum absolute atomic E-state index is 4.56. The van der Waals surface area contributed by atoms with Gasteiger partial charge in [0, 0.05) is 25.1 Å². The topological polar surface area (TPSA) is 0 Å². The Morgan fingerprint density at radius 3 is 1.82 bits per heavy atom. The molecule has 0 radical (unpaired) electrons. The van der Waals surface area contributed by atoms with E-state index in [0.717, 1.165) is 11.1 Å². The SMILES string of the molecule is C=C(c1ccccc1)c1ccc2c(c1-c1ccccc1-c1ccccc1)Sc1ccccc1S2. The van der Waals surface area contributed by atoms with Crippen molar-refractivity contribution in [1.29, 1.82) is 0 Å². The molecule has 2 heteroatoms. The van der Waals surface area contributed by atoms with Gasteiger partial charge in [0.15, 0.2) is 0 Å². The van der Waals surface area contributed by atoms with Gasteiger partial charge in [-0.05, 0) is 51.6 Å². The Balaban J connectivity index is 1.62. The lowest BCUT2D eigenvalue weighted by Gasteiger charge is -2.25. The minimum Gasteiger partial charge on any atom is -0.0905 e. The monoisotopic (exact) mass is 470 g/mol. The van der Waals surface area contributed by atoms with Crippen LogP contribution < -0.4 is 0 Å². The van der Waals surface area contributed by atoms with Crippen LogP contribution in [0, 0.1) is 0 Å². The van der Waals surface area contributed by atoms with Crippen molar-refractivity contribution < 1.29 is 0 Å². The van der Waals surface area contributed by atoms with E-state index in [4.69, 9.17) is 0 Å². The lowest BCUT2D eigenvalue weighted by atomic mass is 9.87. The van der Waals surface area contributed by atoms with Crippen LogP contribution in [0.2, 0.25) is 0 Å². The molecule has 0 nitrogen and oxygen atoms in total. The molecule has 0 saturated carbocycles. The maximum Gasteiger partial charge on any atom is 0.0347 e. The van der Waals surface area contributed by atoms with Gasteiger partial charge in [0.25, 0.3) is 0 Å². The van der Waals surface area contributed by atoms with Crippen molar-refractivity contribution in [2.24, 2.45) is 0 Å². The number of hydrogen-bond donors (Lipinski definition) is 0. The molecule has 0 atom stereocenters. The summed E-state index contributed by atoms with van der Waals surface area (Å²) in [5.74, 6) is 0. The predicted octanol–water partition coefficient (Wildman–Crippen LogP) is 9.70. The second kappa shape index (κ2) is 9.06. The third-order valence-corrected chi connectivity index (χ3v) is 8.73. The summed E-state index contributed by atoms with van der Waals surface area (Å²) < 4.78 is 0. The van der Waals surface area contributed by atoms with Gasteiger partial charge in [0.05, 0.1) is 0 Å². The predicted molar refractivity (Wildman–Crippen MR) is 147 cm³/mol. The number of benzene rings is 5. The Bertz CT molecular complexity index is 1500. The maximum atomic E-state index is 4.56. The van der Waals surface area contributed by atoms with Crippen LogP contribution >= 0.6 is 23.5 Å². The summed E-state index contributed by atoms with van der Waals surface area (Å²) in [6, 6.07) is 43.1. The molecule has 0 aromatic heterocycles. The van der Waals surface area contributed by atoms with Crippen LogP contribution in [0.5, 0.6) is 0 Å². The van der Waals surface area contributed by atoms with Crippen molar-refractivity contribution in [2.45, 2.75) is 19.6 Å². The molecule has 0 fully saturated rings. The van der Waals surface area contributed by atoms with E-state index in [2.05, 4.69) is 128 Å². The van der Waals surface area contributed by atoms with Crippen LogP contribution in [0.15, 0.2) is 147 Å². The second-order valence-corrected chi connectivity index (χ2v) is 10.4. The van der Waals surface area contributed by atoms with Gasteiger partial charge in [-0.1, -0.05) is 133 Å². The summed E-state index contributed by atoms with van der Waals surface area (Å²) in [4.78, 5) is 5.23. The van der Waals surface area contributed by atoms with Gasteiger partial charge in [-0.15, -0.1) is 0 Å². The summed E-state index contributed by atoms with van der Waals surface area (Å²) in [5, 5.41) is 0. The van der Waals surface area contributed by atoms with E-state index in [1.54, 1.807) is 0 Å². The fraction of sp³-hybridized carbons (Fsp3) is 0. The van der Waals surface area contributed by atoms with E-state index in [1.807, 2.05) is 23.5 Å². The average Bonchev–Trinajstić information content (AvgIpc) is 2.92. The Morgan fingerprint density at radius 2 is 1.09 bits per heavy atom. The summed E-state index contributed by atoms with van der Waals surface area (Å²) >= 11 is 3.73. The first-order valence-electron chi connectivity index (χ1n) is 11.3. The smallest absolute Gasteiger partial charge is 0.0347 e. The molecule has 34 heavy (non-hydrogen) atoms. The molecule has 1 aliphatic heterocycles. The molecule has 0 spiro atoms. The largest absolute Gasteiger partial charge is 0.0905 e. The van der Waals surface area contributed by atoms with E-state index < -0.39 is 0 Å². The number of fused-ring (bicyclic) bond motifs is 2. The lowest BCUT2D eigenvalue weighted by Crippen LogP contribution is -1.99. The summed E-state index contributed by atoms with van der Waals surface area (Å²) in [6.07, 6.45) is 0. The van der Waals surface area contributed by atoms with Crippen LogP contribution in [-0.4, -0.2) is 0 Å². The third kappa shape index (κ3) is 3.79. The molecule has 0 aliphatic carbocycles. The highest BCUT2D eigenvalue weighted by Crippen LogP contribution is 2.54. The zero-order valence-electron chi connectivity index (χ0n) is 18.6. The van der Waals surface area contributed by atoms with Crippen LogP contribution in [0.1, 0.15) is 11.1 Å². The summed E-state index contributed by atoms with van der Waals surface area (Å²) in [5.41, 5.74) is 8.34. The molecule has 0 saturated heterocycles. The van der Waals surface area contributed by atoms with Gasteiger partial charge < -0.3 is 0 Å². The minimum atomic E-state index is 1.05. The number of hydrogen-bond acceptors (Lipinski definition) is 2. The first kappa shape index (κ1) is 21.1. The van der Waals surface area contributed by atoms with E-state index in [9.17, 15) is 0 Å². The molecule has 1 aliphatic rings. The number of rotatable bonds is 4. The van der Waals surface area contributed by atoms with Gasteiger partial charge in [0.1, 0.15) is 0 Å². The van der Waals surface area contributed by atoms with Crippen molar-refractivity contribution >= 4 is 29.1 Å². The van der Waals surface area contributed by atoms with Gasteiger partial charge >= 0.3 is 0 Å². The third-order valence-electron chi connectivity index (χ3n) is 6.13. The first-order chi connectivity index (χ1) is 16.8. The van der Waals surface area contributed by atoms with Crippen molar-refractivity contribution in [3.05, 3.63) is 139 Å². The summed E-state index contributed by atoms with van der Waals surface area (Å²) in [7, 11) is 0. The van der Waals surface area contributed by atoms with Gasteiger partial charge in [-0.25, -0.2) is 0 Å². The van der Waals surface area contributed by atoms with Gasteiger partial charge in [-0.3, -0.25) is 0 Å². The second-order valence-electron chi connectivity index (χ2n) is 8.22. The Morgan fingerprint density at radius 1 is 0.500 bits per heavy atom. The van der Waals surface area contributed by atoms with E-state index in [0.29, 0.717) is 0 Å². The van der Waals surface area contributed by atoms with Crippen LogP contribution in [-0.2, 0) is 0 Å². The van der Waals surface area contributed by atoms with Crippen molar-refractivity contribution in [3.8, 4) is 22.3 Å². The van der Waals surface area contributed by atoms with Crippen LogP contribution in [0.3, 0.4) is 0 Å². The highest BCUT2D eigenvalue weighted by atomic mass is 32.2. The van der Waals surface area contributed by atoms with E-state index >= 15 is 0 Å². The standard InChI is InChI=1S/C32H22S2/c1-22(23-12-4-2-5-13-23)25-20-21-30-32(34-29-19-11-10-18-28(29)33-30)31(25)27-17-9-8-16-26(27)24-14-6-3-7-15-24/h2-21H,1H2. The molecular formula is C32H22S2. The van der Waals surface area contributed by atoms with E-state index in [-0.39, 0.29) is 0 Å². The normalized spacial score (nSPS) is 12.0. The van der Waals surface area contributed by atoms with Crippen LogP contribution in [0.25, 0.3) is 27.8 Å². The molecule has 0 amide bonds. The molecule has 162 valence electrons. The Kier molecular flexibility index (Phi) is 5.62. The van der Waals surface area contributed by atoms with Gasteiger partial charge in [0.2, 0.25) is 0 Å². The lowest BCUT2D eigenvalue weighted by molar-refractivity contribution is 1.15.